The summed E-state index contributed by atoms with van der Waals surface area (Å²) < 4.78 is 11.2. The molecule has 0 N–H and O–H groups in total. The molecule has 1 aromatic rings. The first-order chi connectivity index (χ1) is 12.2. The number of unbranched alkanes of at least 4 members (excludes halogenated alkanes) is 7. The van der Waals surface area contributed by atoms with Crippen molar-refractivity contribution in [2.75, 3.05) is 13.2 Å². The number of aryl methyl sites for hydroxylation is 1. The van der Waals surface area contributed by atoms with Gasteiger partial charge >= 0.3 is 0 Å². The Balaban J connectivity index is 1.49. The van der Waals surface area contributed by atoms with Crippen LogP contribution >= 0.6 is 0 Å². The fourth-order valence-corrected chi connectivity index (χ4v) is 2.91. The zero-order valence-electron chi connectivity index (χ0n) is 16.3. The maximum Gasteiger partial charge on any atom is 0.123 e. The normalized spacial score (nSPS) is 19.4. The van der Waals surface area contributed by atoms with Crippen molar-refractivity contribution in [3.05, 3.63) is 42.0 Å². The van der Waals surface area contributed by atoms with Crippen molar-refractivity contribution in [3.63, 3.8) is 0 Å². The summed E-state index contributed by atoms with van der Waals surface area (Å²) >= 11 is 0. The van der Waals surface area contributed by atoms with E-state index in [1.54, 1.807) is 0 Å². The number of rotatable bonds is 14. The lowest BCUT2D eigenvalue weighted by Crippen LogP contribution is -2.16. The topological polar surface area (TPSA) is 21.8 Å². The quantitative estimate of drug-likeness (QED) is 0.219. The van der Waals surface area contributed by atoms with Crippen molar-refractivity contribution < 1.29 is 9.47 Å². The highest BCUT2D eigenvalue weighted by molar-refractivity contribution is 5.28. The maximum absolute atomic E-state index is 5.85. The van der Waals surface area contributed by atoms with Gasteiger partial charge < -0.3 is 9.47 Å². The molecular formula is C23H36O2. The average Bonchev–Trinajstić information content (AvgIpc) is 3.36. The van der Waals surface area contributed by atoms with E-state index < -0.39 is 0 Å². The summed E-state index contributed by atoms with van der Waals surface area (Å²) in [6, 6.07) is 8.55. The van der Waals surface area contributed by atoms with Crippen molar-refractivity contribution in [1.29, 1.82) is 0 Å². The van der Waals surface area contributed by atoms with Crippen molar-refractivity contribution in [3.8, 4) is 5.75 Å². The van der Waals surface area contributed by atoms with Crippen LogP contribution in [0.15, 0.2) is 36.4 Å². The van der Waals surface area contributed by atoms with Gasteiger partial charge in [0.25, 0.3) is 0 Å². The summed E-state index contributed by atoms with van der Waals surface area (Å²) in [6.07, 6.45) is 17.7. The van der Waals surface area contributed by atoms with Crippen LogP contribution in [-0.2, 0) is 11.2 Å². The van der Waals surface area contributed by atoms with Crippen LogP contribution in [0.2, 0.25) is 0 Å². The highest BCUT2D eigenvalue weighted by Gasteiger charge is 2.40. The van der Waals surface area contributed by atoms with E-state index in [9.17, 15) is 0 Å². The van der Waals surface area contributed by atoms with E-state index in [-0.39, 0.29) is 5.60 Å². The number of hydrogen-bond donors (Lipinski definition) is 0. The van der Waals surface area contributed by atoms with Crippen LogP contribution in [0.4, 0.5) is 0 Å². The Labute approximate surface area is 154 Å². The van der Waals surface area contributed by atoms with Gasteiger partial charge in [0, 0.05) is 0 Å². The van der Waals surface area contributed by atoms with Crippen molar-refractivity contribution in [1.82, 2.24) is 0 Å². The second-order valence-corrected chi connectivity index (χ2v) is 7.59. The van der Waals surface area contributed by atoms with Crippen LogP contribution in [0.1, 0.15) is 77.2 Å². The zero-order chi connectivity index (χ0) is 17.8. The molecule has 0 spiro atoms. The molecule has 2 nitrogen and oxygen atoms in total. The molecule has 0 bridgehead atoms. The Morgan fingerprint density at radius 3 is 2.52 bits per heavy atom. The molecule has 1 heterocycles. The SMILES string of the molecule is CCCC/C=C/CCCCCCCc1cccc(OCC2(C)CO2)c1. The fourth-order valence-electron chi connectivity index (χ4n) is 2.91. The summed E-state index contributed by atoms with van der Waals surface area (Å²) in [5.41, 5.74) is 1.35. The molecule has 0 saturated carbocycles. The monoisotopic (exact) mass is 344 g/mol. The molecule has 1 unspecified atom stereocenters. The lowest BCUT2D eigenvalue weighted by molar-refractivity contribution is 0.202. The van der Waals surface area contributed by atoms with Crippen LogP contribution in [-0.4, -0.2) is 18.8 Å². The number of epoxide rings is 1. The molecule has 1 atom stereocenters. The third kappa shape index (κ3) is 9.11. The van der Waals surface area contributed by atoms with E-state index in [1.165, 1.54) is 63.4 Å². The predicted octanol–water partition coefficient (Wildman–Crippen LogP) is 6.48. The van der Waals surface area contributed by atoms with Crippen LogP contribution in [0, 0.1) is 0 Å². The minimum atomic E-state index is -0.0405. The van der Waals surface area contributed by atoms with Gasteiger partial charge in [0.1, 0.15) is 18.0 Å². The van der Waals surface area contributed by atoms with Crippen LogP contribution in [0.25, 0.3) is 0 Å². The van der Waals surface area contributed by atoms with E-state index in [2.05, 4.69) is 44.2 Å². The van der Waals surface area contributed by atoms with Crippen molar-refractivity contribution >= 4 is 0 Å². The van der Waals surface area contributed by atoms with Gasteiger partial charge in [-0.05, 0) is 56.7 Å². The highest BCUT2D eigenvalue weighted by Crippen LogP contribution is 2.27. The highest BCUT2D eigenvalue weighted by atomic mass is 16.6. The summed E-state index contributed by atoms with van der Waals surface area (Å²) in [7, 11) is 0. The summed E-state index contributed by atoms with van der Waals surface area (Å²) in [4.78, 5) is 0. The Kier molecular flexibility index (Phi) is 9.10. The van der Waals surface area contributed by atoms with E-state index in [0.717, 1.165) is 18.8 Å². The fraction of sp³-hybridized carbons (Fsp3) is 0.652. The Hall–Kier alpha value is -1.28. The minimum Gasteiger partial charge on any atom is -0.490 e. The third-order valence-electron chi connectivity index (χ3n) is 4.81. The van der Waals surface area contributed by atoms with Gasteiger partial charge in [-0.2, -0.15) is 0 Å². The summed E-state index contributed by atoms with van der Waals surface area (Å²) in [5.74, 6) is 0.976. The van der Waals surface area contributed by atoms with Gasteiger partial charge in [0.05, 0.1) is 6.61 Å². The second kappa shape index (κ2) is 11.4. The summed E-state index contributed by atoms with van der Waals surface area (Å²) in [5, 5.41) is 0. The van der Waals surface area contributed by atoms with Gasteiger partial charge in [-0.1, -0.05) is 63.3 Å². The molecule has 25 heavy (non-hydrogen) atoms. The molecule has 0 aliphatic carbocycles. The zero-order valence-corrected chi connectivity index (χ0v) is 16.3. The van der Waals surface area contributed by atoms with E-state index in [4.69, 9.17) is 9.47 Å². The van der Waals surface area contributed by atoms with E-state index in [1.807, 2.05) is 6.07 Å². The van der Waals surface area contributed by atoms with Crippen molar-refractivity contribution in [2.24, 2.45) is 0 Å². The van der Waals surface area contributed by atoms with Gasteiger partial charge in [0.15, 0.2) is 0 Å². The van der Waals surface area contributed by atoms with E-state index >= 15 is 0 Å². The largest absolute Gasteiger partial charge is 0.490 e. The Morgan fingerprint density at radius 2 is 1.76 bits per heavy atom. The predicted molar refractivity (Wildman–Crippen MR) is 106 cm³/mol. The first-order valence-corrected chi connectivity index (χ1v) is 10.2. The molecule has 1 aliphatic heterocycles. The van der Waals surface area contributed by atoms with Gasteiger partial charge in [-0.3, -0.25) is 0 Å². The number of hydrogen-bond acceptors (Lipinski definition) is 2. The maximum atomic E-state index is 5.85. The molecule has 1 aliphatic rings. The molecule has 1 fully saturated rings. The summed E-state index contributed by atoms with van der Waals surface area (Å²) in [6.45, 7) is 5.82. The molecule has 1 saturated heterocycles. The first-order valence-electron chi connectivity index (χ1n) is 10.2. The Bertz CT molecular complexity index is 503. The van der Waals surface area contributed by atoms with Gasteiger partial charge in [-0.15, -0.1) is 0 Å². The van der Waals surface area contributed by atoms with Gasteiger partial charge in [0.2, 0.25) is 0 Å². The molecule has 140 valence electrons. The lowest BCUT2D eigenvalue weighted by atomic mass is 10.0. The van der Waals surface area contributed by atoms with Crippen molar-refractivity contribution in [2.45, 2.75) is 83.7 Å². The lowest BCUT2D eigenvalue weighted by Gasteiger charge is -2.10. The number of benzene rings is 1. The molecule has 1 aromatic carbocycles. The molecule has 0 amide bonds. The number of ether oxygens (including phenoxy) is 2. The standard InChI is InChI=1S/C23H36O2/c1-3-4-5-6-7-8-9-10-11-12-13-15-21-16-14-17-22(18-21)24-19-23(2)20-25-23/h6-7,14,16-18H,3-5,8-13,15,19-20H2,1-2H3/b7-6+. The van der Waals surface area contributed by atoms with Crippen LogP contribution in [0.3, 0.4) is 0 Å². The number of allylic oxidation sites excluding steroid dienone is 2. The average molecular weight is 345 g/mol. The van der Waals surface area contributed by atoms with Crippen LogP contribution < -0.4 is 4.74 Å². The molecule has 0 aromatic heterocycles. The first kappa shape index (κ1) is 20.0. The van der Waals surface area contributed by atoms with Crippen LogP contribution in [0.5, 0.6) is 5.75 Å². The molecule has 2 heteroatoms. The minimum absolute atomic E-state index is 0.0405. The third-order valence-corrected chi connectivity index (χ3v) is 4.81. The second-order valence-electron chi connectivity index (χ2n) is 7.59. The van der Waals surface area contributed by atoms with E-state index in [0.29, 0.717) is 6.61 Å². The molecule has 0 radical (unpaired) electrons. The molecular weight excluding hydrogens is 308 g/mol. The smallest absolute Gasteiger partial charge is 0.123 e. The van der Waals surface area contributed by atoms with Gasteiger partial charge in [-0.25, -0.2) is 0 Å². The molecule has 2 rings (SSSR count). The Morgan fingerprint density at radius 1 is 1.04 bits per heavy atom.